The van der Waals surface area contributed by atoms with Crippen molar-refractivity contribution < 1.29 is 23.5 Å². The molecule has 28 heavy (non-hydrogen) atoms. The molecule has 1 amide bonds. The minimum Gasteiger partial charge on any atom is -0.481 e. The molecule has 0 bridgehead atoms. The maximum Gasteiger partial charge on any atom is 0.309 e. The highest BCUT2D eigenvalue weighted by molar-refractivity contribution is 6.08. The molecule has 1 fully saturated rings. The summed E-state index contributed by atoms with van der Waals surface area (Å²) in [7, 11) is 0. The van der Waals surface area contributed by atoms with Crippen LogP contribution in [0.25, 0.3) is 0 Å². The summed E-state index contributed by atoms with van der Waals surface area (Å²) in [5.41, 5.74) is 4.81. The van der Waals surface area contributed by atoms with E-state index in [9.17, 15) is 18.4 Å². The van der Waals surface area contributed by atoms with Gasteiger partial charge in [0.2, 0.25) is 0 Å². The molecule has 1 aromatic heterocycles. The van der Waals surface area contributed by atoms with E-state index in [2.05, 4.69) is 15.6 Å². The van der Waals surface area contributed by atoms with Crippen molar-refractivity contribution in [2.24, 2.45) is 0 Å². The highest BCUT2D eigenvalue weighted by Gasteiger charge is 2.40. The molecule has 0 spiro atoms. The monoisotopic (exact) mass is 389 g/mol. The Hall–Kier alpha value is -3.27. The van der Waals surface area contributed by atoms with Crippen LogP contribution in [0.5, 0.6) is 0 Å². The first-order valence-electron chi connectivity index (χ1n) is 8.64. The van der Waals surface area contributed by atoms with Gasteiger partial charge in [0.15, 0.2) is 5.82 Å². The van der Waals surface area contributed by atoms with Gasteiger partial charge in [-0.05, 0) is 25.5 Å². The van der Waals surface area contributed by atoms with E-state index in [1.807, 2.05) is 0 Å². The van der Waals surface area contributed by atoms with Crippen LogP contribution in [0.3, 0.4) is 0 Å². The van der Waals surface area contributed by atoms with Crippen LogP contribution < -0.4 is 15.3 Å². The standard InChI is InChI=1S/C18H17F2N5O3/c1-9-17-14(23-25(9)13-5-10(19)4-11(20)6-13)2-3-24(18(17)28)15-7-12(21-22-15)8-16(26)27/h4-7,14,23H,2-3,8H2,1H3,(H,21,22)(H,26,27)/t14-/m0/s1. The van der Waals surface area contributed by atoms with Crippen molar-refractivity contribution in [2.75, 3.05) is 16.5 Å². The second kappa shape index (κ2) is 6.71. The molecule has 1 saturated heterocycles. The number of rotatable bonds is 4. The summed E-state index contributed by atoms with van der Waals surface area (Å²) in [4.78, 5) is 25.3. The van der Waals surface area contributed by atoms with Crippen molar-refractivity contribution in [2.45, 2.75) is 25.8 Å². The van der Waals surface area contributed by atoms with Crippen molar-refractivity contribution in [3.05, 3.63) is 52.9 Å². The zero-order valence-corrected chi connectivity index (χ0v) is 14.9. The number of hydrogen-bond donors (Lipinski definition) is 3. The average Bonchev–Trinajstić information content (AvgIpc) is 3.19. The fourth-order valence-corrected chi connectivity index (χ4v) is 3.60. The highest BCUT2D eigenvalue weighted by atomic mass is 19.1. The maximum atomic E-state index is 13.6. The molecule has 2 aliphatic rings. The Labute approximate surface area is 158 Å². The summed E-state index contributed by atoms with van der Waals surface area (Å²) in [6, 6.07) is 4.41. The number of halogens is 2. The molecular weight excluding hydrogens is 372 g/mol. The van der Waals surface area contributed by atoms with Gasteiger partial charge in [-0.15, -0.1) is 0 Å². The van der Waals surface area contributed by atoms with Gasteiger partial charge in [-0.3, -0.25) is 24.6 Å². The smallest absolute Gasteiger partial charge is 0.309 e. The quantitative estimate of drug-likeness (QED) is 0.736. The number of H-pyrrole nitrogens is 1. The number of nitrogens with zero attached hydrogens (tertiary/aromatic N) is 3. The Morgan fingerprint density at radius 2 is 2.00 bits per heavy atom. The van der Waals surface area contributed by atoms with E-state index in [4.69, 9.17) is 5.11 Å². The molecule has 10 heteroatoms. The lowest BCUT2D eigenvalue weighted by Crippen LogP contribution is -2.47. The Balaban J connectivity index is 1.63. The van der Waals surface area contributed by atoms with Gasteiger partial charge >= 0.3 is 5.97 Å². The number of aromatic nitrogens is 2. The van der Waals surface area contributed by atoms with E-state index in [-0.39, 0.29) is 24.1 Å². The molecule has 0 aliphatic carbocycles. The molecule has 0 saturated carbocycles. The molecule has 2 aromatic rings. The third kappa shape index (κ3) is 3.11. The Morgan fingerprint density at radius 3 is 2.68 bits per heavy atom. The van der Waals surface area contributed by atoms with Crippen LogP contribution in [-0.2, 0) is 16.0 Å². The Bertz CT molecular complexity index is 983. The number of piperidine rings is 1. The number of carbonyl (C=O) groups excluding carboxylic acids is 1. The van der Waals surface area contributed by atoms with E-state index in [1.165, 1.54) is 28.1 Å². The van der Waals surface area contributed by atoms with Crippen LogP contribution in [0.1, 0.15) is 19.0 Å². The van der Waals surface area contributed by atoms with E-state index >= 15 is 0 Å². The number of carbonyl (C=O) groups is 2. The summed E-state index contributed by atoms with van der Waals surface area (Å²) in [6.07, 6.45) is 0.341. The second-order valence-corrected chi connectivity index (χ2v) is 6.71. The SMILES string of the molecule is CC1=C2C(=O)N(c3cc(CC(=O)O)[nH]n3)CC[C@@H]2NN1c1cc(F)cc(F)c1. The van der Waals surface area contributed by atoms with Crippen LogP contribution in [0, 0.1) is 11.6 Å². The number of hydrazine groups is 1. The molecule has 3 heterocycles. The van der Waals surface area contributed by atoms with E-state index in [0.29, 0.717) is 35.7 Å². The fourth-order valence-electron chi connectivity index (χ4n) is 3.60. The minimum atomic E-state index is -1.00. The van der Waals surface area contributed by atoms with Gasteiger partial charge < -0.3 is 5.11 Å². The van der Waals surface area contributed by atoms with Gasteiger partial charge in [0.05, 0.1) is 23.7 Å². The minimum absolute atomic E-state index is 0.222. The largest absolute Gasteiger partial charge is 0.481 e. The first-order chi connectivity index (χ1) is 13.3. The van der Waals surface area contributed by atoms with Crippen molar-refractivity contribution >= 4 is 23.4 Å². The Kier molecular flexibility index (Phi) is 4.34. The van der Waals surface area contributed by atoms with Crippen molar-refractivity contribution in [3.8, 4) is 0 Å². The number of aliphatic carboxylic acids is 1. The lowest BCUT2D eigenvalue weighted by molar-refractivity contribution is -0.136. The van der Waals surface area contributed by atoms with Gasteiger partial charge in [-0.2, -0.15) is 5.10 Å². The number of anilines is 2. The van der Waals surface area contributed by atoms with Gasteiger partial charge in [0.1, 0.15) is 11.6 Å². The summed E-state index contributed by atoms with van der Waals surface area (Å²) in [6.45, 7) is 2.07. The second-order valence-electron chi connectivity index (χ2n) is 6.71. The van der Waals surface area contributed by atoms with Crippen LogP contribution in [0.2, 0.25) is 0 Å². The predicted molar refractivity (Wildman–Crippen MR) is 95.4 cm³/mol. The molecule has 1 aromatic carbocycles. The van der Waals surface area contributed by atoms with E-state index < -0.39 is 17.6 Å². The summed E-state index contributed by atoms with van der Waals surface area (Å²) in [5.74, 6) is -2.36. The Morgan fingerprint density at radius 1 is 1.29 bits per heavy atom. The summed E-state index contributed by atoms with van der Waals surface area (Å²) >= 11 is 0. The predicted octanol–water partition coefficient (Wildman–Crippen LogP) is 1.72. The molecule has 8 nitrogen and oxygen atoms in total. The molecule has 0 radical (unpaired) electrons. The lowest BCUT2D eigenvalue weighted by Gasteiger charge is -2.29. The normalized spacial score (nSPS) is 19.4. The summed E-state index contributed by atoms with van der Waals surface area (Å²) in [5, 5.41) is 17.0. The average molecular weight is 389 g/mol. The van der Waals surface area contributed by atoms with Gasteiger partial charge in [0, 0.05) is 30.1 Å². The molecule has 2 aliphatic heterocycles. The van der Waals surface area contributed by atoms with Crippen LogP contribution in [0.15, 0.2) is 35.5 Å². The molecule has 1 atom stereocenters. The third-order valence-electron chi connectivity index (χ3n) is 4.82. The zero-order chi connectivity index (χ0) is 20.0. The number of carboxylic acid groups (broad SMARTS) is 1. The van der Waals surface area contributed by atoms with E-state index in [1.54, 1.807) is 6.92 Å². The number of allylic oxidation sites excluding steroid dienone is 1. The van der Waals surface area contributed by atoms with Crippen molar-refractivity contribution in [3.63, 3.8) is 0 Å². The first kappa shape index (κ1) is 18.1. The number of hydrogen-bond acceptors (Lipinski definition) is 5. The summed E-state index contributed by atoms with van der Waals surface area (Å²) < 4.78 is 27.2. The number of carboxylic acids is 1. The third-order valence-corrected chi connectivity index (χ3v) is 4.82. The molecule has 146 valence electrons. The number of fused-ring (bicyclic) bond motifs is 1. The van der Waals surface area contributed by atoms with Gasteiger partial charge in [0.25, 0.3) is 5.91 Å². The molecule has 0 unspecified atom stereocenters. The van der Waals surface area contributed by atoms with Crippen LogP contribution in [0.4, 0.5) is 20.3 Å². The number of amides is 1. The van der Waals surface area contributed by atoms with Crippen LogP contribution in [-0.4, -0.2) is 39.8 Å². The lowest BCUT2D eigenvalue weighted by atomic mass is 9.98. The number of benzene rings is 1. The molecule has 3 N–H and O–H groups in total. The van der Waals surface area contributed by atoms with Crippen LogP contribution >= 0.6 is 0 Å². The molecule has 4 rings (SSSR count). The first-order valence-corrected chi connectivity index (χ1v) is 8.64. The zero-order valence-electron chi connectivity index (χ0n) is 14.9. The number of aromatic amines is 1. The molecular formula is C18H17F2N5O3. The number of nitrogens with one attached hydrogen (secondary N) is 2. The topological polar surface area (TPSA) is 102 Å². The van der Waals surface area contributed by atoms with E-state index in [0.717, 1.165) is 6.07 Å². The van der Waals surface area contributed by atoms with Gasteiger partial charge in [-0.25, -0.2) is 14.2 Å². The van der Waals surface area contributed by atoms with Crippen molar-refractivity contribution in [1.29, 1.82) is 0 Å². The maximum absolute atomic E-state index is 13.6. The fraction of sp³-hybridized carbons (Fsp3) is 0.278. The van der Waals surface area contributed by atoms with Gasteiger partial charge in [-0.1, -0.05) is 0 Å². The highest BCUT2D eigenvalue weighted by Crippen LogP contribution is 2.34. The van der Waals surface area contributed by atoms with Crippen molar-refractivity contribution in [1.82, 2.24) is 15.6 Å².